The molecule has 5 rings (SSSR count). The van der Waals surface area contributed by atoms with Crippen molar-refractivity contribution in [2.45, 2.75) is 33.2 Å². The highest BCUT2D eigenvalue weighted by Gasteiger charge is 2.20. The molecule has 1 amide bonds. The highest BCUT2D eigenvalue weighted by Crippen LogP contribution is 2.34. The number of hydrogen-bond donors (Lipinski definition) is 0. The molecule has 0 spiro atoms. The lowest BCUT2D eigenvalue weighted by Crippen LogP contribution is -2.29. The average molecular weight is 481 g/mol. The second kappa shape index (κ2) is 10.5. The molecule has 5 heteroatoms. The van der Waals surface area contributed by atoms with E-state index in [1.54, 1.807) is 13.8 Å². The number of hydrogen-bond acceptors (Lipinski definition) is 4. The van der Waals surface area contributed by atoms with Gasteiger partial charge in [0.2, 0.25) is 5.91 Å². The molecule has 2 aliphatic heterocycles. The summed E-state index contributed by atoms with van der Waals surface area (Å²) < 4.78 is 6.06. The van der Waals surface area contributed by atoms with Crippen molar-refractivity contribution in [1.82, 2.24) is 4.90 Å². The van der Waals surface area contributed by atoms with Crippen LogP contribution in [0.5, 0.6) is 5.75 Å². The highest BCUT2D eigenvalue weighted by molar-refractivity contribution is 6.01. The summed E-state index contributed by atoms with van der Waals surface area (Å²) in [7, 11) is 0. The molecular formula is C31H32N2O3. The molecule has 3 aromatic rings. The van der Waals surface area contributed by atoms with Gasteiger partial charge < -0.3 is 9.64 Å². The van der Waals surface area contributed by atoms with Gasteiger partial charge in [0, 0.05) is 24.6 Å². The first-order valence-electron chi connectivity index (χ1n) is 12.7. The van der Waals surface area contributed by atoms with Crippen LogP contribution in [0.15, 0.2) is 60.7 Å². The molecule has 5 nitrogen and oxygen atoms in total. The molecule has 0 N–H and O–H groups in total. The summed E-state index contributed by atoms with van der Waals surface area (Å²) in [5.74, 6) is 0.836. The molecule has 36 heavy (non-hydrogen) atoms. The maximum atomic E-state index is 12.8. The Labute approximate surface area is 213 Å². The van der Waals surface area contributed by atoms with Gasteiger partial charge >= 0.3 is 0 Å². The van der Waals surface area contributed by atoms with Crippen LogP contribution in [0.3, 0.4) is 0 Å². The van der Waals surface area contributed by atoms with E-state index in [9.17, 15) is 9.59 Å². The zero-order valence-electron chi connectivity index (χ0n) is 21.0. The molecular weight excluding hydrogens is 448 g/mol. The molecule has 0 bridgehead atoms. The molecule has 0 saturated carbocycles. The normalized spacial score (nSPS) is 16.0. The number of fused-ring (bicyclic) bond motifs is 2. The Morgan fingerprint density at radius 1 is 0.889 bits per heavy atom. The van der Waals surface area contributed by atoms with Crippen molar-refractivity contribution >= 4 is 29.5 Å². The standard InChI is InChI=1S/C31H32N2O3/c1-22(34)29-7-3-4-8-30(29)25-11-9-24-10-12-26-20-28(36-18-17-32-15-5-6-16-32)13-14-31(26)33(23(2)35)21-27(24)19-25/h3-4,7-14,19-20H,5-6,15-18,21H2,1-2H3/b12-10-. The molecule has 3 aromatic carbocycles. The third kappa shape index (κ3) is 5.12. The van der Waals surface area contributed by atoms with E-state index in [1.165, 1.54) is 12.8 Å². The number of anilines is 1. The lowest BCUT2D eigenvalue weighted by Gasteiger charge is -2.27. The first-order chi connectivity index (χ1) is 17.5. The number of ether oxygens (including phenoxy) is 1. The van der Waals surface area contributed by atoms with Gasteiger partial charge in [0.05, 0.1) is 12.2 Å². The molecule has 184 valence electrons. The molecule has 1 fully saturated rings. The van der Waals surface area contributed by atoms with E-state index in [0.29, 0.717) is 18.7 Å². The number of ketones is 1. The average Bonchev–Trinajstić information content (AvgIpc) is 3.39. The Bertz CT molecular complexity index is 1320. The minimum Gasteiger partial charge on any atom is -0.492 e. The van der Waals surface area contributed by atoms with Crippen molar-refractivity contribution in [3.8, 4) is 16.9 Å². The van der Waals surface area contributed by atoms with E-state index < -0.39 is 0 Å². The van der Waals surface area contributed by atoms with Crippen molar-refractivity contribution in [2.24, 2.45) is 0 Å². The van der Waals surface area contributed by atoms with Crippen molar-refractivity contribution in [3.05, 3.63) is 82.9 Å². The highest BCUT2D eigenvalue weighted by atomic mass is 16.5. The number of rotatable bonds is 6. The second-order valence-corrected chi connectivity index (χ2v) is 9.57. The summed E-state index contributed by atoms with van der Waals surface area (Å²) in [4.78, 5) is 29.2. The molecule has 2 heterocycles. The van der Waals surface area contributed by atoms with E-state index in [-0.39, 0.29) is 11.7 Å². The van der Waals surface area contributed by atoms with Crippen LogP contribution in [-0.2, 0) is 11.3 Å². The maximum absolute atomic E-state index is 12.8. The summed E-state index contributed by atoms with van der Waals surface area (Å²) in [5.41, 5.74) is 6.49. The van der Waals surface area contributed by atoms with Gasteiger partial charge in [-0.15, -0.1) is 0 Å². The molecule has 1 saturated heterocycles. The van der Waals surface area contributed by atoms with Crippen LogP contribution in [0.1, 0.15) is 53.7 Å². The zero-order chi connectivity index (χ0) is 25.1. The van der Waals surface area contributed by atoms with Crippen LogP contribution in [-0.4, -0.2) is 42.8 Å². The van der Waals surface area contributed by atoms with Crippen LogP contribution in [0.25, 0.3) is 23.3 Å². The molecule has 2 aliphatic rings. The van der Waals surface area contributed by atoms with Gasteiger partial charge in [-0.2, -0.15) is 0 Å². The fraction of sp³-hybridized carbons (Fsp3) is 0.290. The van der Waals surface area contributed by atoms with Gasteiger partial charge in [0.15, 0.2) is 5.78 Å². The van der Waals surface area contributed by atoms with E-state index >= 15 is 0 Å². The number of carbonyl (C=O) groups is 2. The first kappa shape index (κ1) is 24.0. The number of carbonyl (C=O) groups excluding carboxylic acids is 2. The summed E-state index contributed by atoms with van der Waals surface area (Å²) in [6.45, 7) is 7.56. The Balaban J connectivity index is 1.45. The first-order valence-corrected chi connectivity index (χ1v) is 12.7. The van der Waals surface area contributed by atoms with Gasteiger partial charge in [-0.25, -0.2) is 0 Å². The second-order valence-electron chi connectivity index (χ2n) is 9.57. The fourth-order valence-corrected chi connectivity index (χ4v) is 5.13. The van der Waals surface area contributed by atoms with Crippen LogP contribution in [0.4, 0.5) is 5.69 Å². The van der Waals surface area contributed by atoms with Gasteiger partial charge in [-0.3, -0.25) is 14.5 Å². The predicted octanol–water partition coefficient (Wildman–Crippen LogP) is 6.07. The van der Waals surface area contributed by atoms with Crippen LogP contribution in [0, 0.1) is 0 Å². The third-order valence-corrected chi connectivity index (χ3v) is 7.08. The number of Topliss-reactive ketones (excluding diaryl/α,β-unsaturated/α-hetero) is 1. The number of benzene rings is 3. The van der Waals surface area contributed by atoms with Crippen LogP contribution < -0.4 is 9.64 Å². The summed E-state index contributed by atoms with van der Waals surface area (Å²) in [6, 6.07) is 19.8. The van der Waals surface area contributed by atoms with Crippen LogP contribution in [0.2, 0.25) is 0 Å². The van der Waals surface area contributed by atoms with Crippen molar-refractivity contribution < 1.29 is 14.3 Å². The fourth-order valence-electron chi connectivity index (χ4n) is 5.13. The number of nitrogens with zero attached hydrogens (tertiary/aromatic N) is 2. The van der Waals surface area contributed by atoms with Gasteiger partial charge in [0.1, 0.15) is 12.4 Å². The van der Waals surface area contributed by atoms with Gasteiger partial charge in [-0.05, 0) is 79.4 Å². The largest absolute Gasteiger partial charge is 0.492 e. The molecule has 0 aliphatic carbocycles. The lowest BCUT2D eigenvalue weighted by atomic mass is 9.93. The molecule has 0 aromatic heterocycles. The molecule has 0 atom stereocenters. The number of amides is 1. The molecule has 0 unspecified atom stereocenters. The summed E-state index contributed by atoms with van der Waals surface area (Å²) in [5, 5.41) is 0. The Hall–Kier alpha value is -3.70. The van der Waals surface area contributed by atoms with E-state index in [1.807, 2.05) is 53.4 Å². The maximum Gasteiger partial charge on any atom is 0.224 e. The monoisotopic (exact) mass is 480 g/mol. The SMILES string of the molecule is CC(=O)c1ccccc1-c1ccc2c(c1)CN(C(C)=O)c1ccc(OCCN3CCCC3)cc1/C=C\2. The van der Waals surface area contributed by atoms with Crippen molar-refractivity contribution in [3.63, 3.8) is 0 Å². The van der Waals surface area contributed by atoms with E-state index in [0.717, 1.165) is 58.9 Å². The Morgan fingerprint density at radius 2 is 1.67 bits per heavy atom. The predicted molar refractivity (Wildman–Crippen MR) is 145 cm³/mol. The number of likely N-dealkylation sites (tertiary alicyclic amines) is 1. The summed E-state index contributed by atoms with van der Waals surface area (Å²) in [6.07, 6.45) is 6.70. The Morgan fingerprint density at radius 3 is 2.44 bits per heavy atom. The Kier molecular flexibility index (Phi) is 7.01. The van der Waals surface area contributed by atoms with Crippen molar-refractivity contribution in [1.29, 1.82) is 0 Å². The van der Waals surface area contributed by atoms with Gasteiger partial charge in [0.25, 0.3) is 0 Å². The quantitative estimate of drug-likeness (QED) is 0.402. The third-order valence-electron chi connectivity index (χ3n) is 7.08. The van der Waals surface area contributed by atoms with E-state index in [4.69, 9.17) is 4.74 Å². The topological polar surface area (TPSA) is 49.9 Å². The van der Waals surface area contributed by atoms with Crippen molar-refractivity contribution in [2.75, 3.05) is 31.1 Å². The molecule has 0 radical (unpaired) electrons. The van der Waals surface area contributed by atoms with Gasteiger partial charge in [-0.1, -0.05) is 48.6 Å². The zero-order valence-corrected chi connectivity index (χ0v) is 21.0. The summed E-state index contributed by atoms with van der Waals surface area (Å²) >= 11 is 0. The lowest BCUT2D eigenvalue weighted by molar-refractivity contribution is -0.116. The smallest absolute Gasteiger partial charge is 0.224 e. The van der Waals surface area contributed by atoms with Crippen LogP contribution >= 0.6 is 0 Å². The minimum absolute atomic E-state index is 0.0188. The van der Waals surface area contributed by atoms with E-state index in [2.05, 4.69) is 29.2 Å². The minimum atomic E-state index is -0.0188.